The van der Waals surface area contributed by atoms with E-state index in [1.54, 1.807) is 12.7 Å². The molecule has 23 heavy (non-hydrogen) atoms. The summed E-state index contributed by atoms with van der Waals surface area (Å²) in [5.74, 6) is 3.64. The molecule has 3 fully saturated rings. The molecule has 0 amide bonds. The SMILES string of the molecule is COc1ccc2c(c1)CC[C@@H]1[C@@H]2CC[C@]12[C@H]1CC[C@@]2(C)C(=O)C1. The topological polar surface area (TPSA) is 26.3 Å². The van der Waals surface area contributed by atoms with E-state index in [1.165, 1.54) is 31.2 Å². The van der Waals surface area contributed by atoms with Crippen molar-refractivity contribution in [3.8, 4) is 5.75 Å². The Morgan fingerprint density at radius 2 is 2.04 bits per heavy atom. The van der Waals surface area contributed by atoms with Gasteiger partial charge in [0, 0.05) is 11.8 Å². The molecule has 5 atom stereocenters. The molecule has 0 aromatic heterocycles. The third-order valence-corrected chi connectivity index (χ3v) is 8.29. The highest BCUT2D eigenvalue weighted by Gasteiger charge is 2.71. The van der Waals surface area contributed by atoms with Crippen LogP contribution < -0.4 is 4.74 Å². The van der Waals surface area contributed by atoms with Crippen LogP contribution in [0.25, 0.3) is 0 Å². The highest BCUT2D eigenvalue weighted by molar-refractivity contribution is 5.89. The monoisotopic (exact) mass is 310 g/mol. The van der Waals surface area contributed by atoms with Gasteiger partial charge in [0.25, 0.3) is 0 Å². The molecule has 122 valence electrons. The summed E-state index contributed by atoms with van der Waals surface area (Å²) in [6.07, 6.45) is 8.30. The number of hydrogen-bond acceptors (Lipinski definition) is 2. The molecular formula is C21H26O2. The summed E-state index contributed by atoms with van der Waals surface area (Å²) < 4.78 is 5.41. The van der Waals surface area contributed by atoms with Crippen LogP contribution in [0.15, 0.2) is 18.2 Å². The number of carbonyl (C=O) groups is 1. The van der Waals surface area contributed by atoms with E-state index in [9.17, 15) is 4.79 Å². The van der Waals surface area contributed by atoms with Crippen LogP contribution in [0.4, 0.5) is 0 Å². The van der Waals surface area contributed by atoms with Crippen molar-refractivity contribution in [1.82, 2.24) is 0 Å². The molecule has 2 nitrogen and oxygen atoms in total. The van der Waals surface area contributed by atoms with Crippen molar-refractivity contribution < 1.29 is 9.53 Å². The van der Waals surface area contributed by atoms with Crippen LogP contribution in [0.2, 0.25) is 0 Å². The van der Waals surface area contributed by atoms with Gasteiger partial charge in [0.15, 0.2) is 0 Å². The number of Topliss-reactive ketones (excluding diaryl/α,β-unsaturated/α-hetero) is 1. The van der Waals surface area contributed by atoms with Gasteiger partial charge in [-0.05, 0) is 85.0 Å². The van der Waals surface area contributed by atoms with E-state index in [1.807, 2.05) is 0 Å². The first-order valence-electron chi connectivity index (χ1n) is 9.30. The van der Waals surface area contributed by atoms with Crippen LogP contribution in [-0.2, 0) is 11.2 Å². The summed E-state index contributed by atoms with van der Waals surface area (Å²) in [5, 5.41) is 0. The lowest BCUT2D eigenvalue weighted by Gasteiger charge is -2.45. The number of methoxy groups -OCH3 is 1. The predicted molar refractivity (Wildman–Crippen MR) is 89.7 cm³/mol. The summed E-state index contributed by atoms with van der Waals surface area (Å²) in [5.41, 5.74) is 3.36. The fourth-order valence-corrected chi connectivity index (χ4v) is 7.30. The minimum atomic E-state index is -0.0128. The lowest BCUT2D eigenvalue weighted by atomic mass is 9.58. The van der Waals surface area contributed by atoms with Gasteiger partial charge in [-0.1, -0.05) is 13.0 Å². The van der Waals surface area contributed by atoms with Gasteiger partial charge in [-0.25, -0.2) is 0 Å². The van der Waals surface area contributed by atoms with E-state index in [2.05, 4.69) is 25.1 Å². The third-order valence-electron chi connectivity index (χ3n) is 8.29. The second-order valence-electron chi connectivity index (χ2n) is 8.59. The molecule has 0 aliphatic heterocycles. The second kappa shape index (κ2) is 4.40. The molecule has 0 radical (unpaired) electrons. The standard InChI is InChI=1S/C21H26O2/c1-20-9-7-14(12-19(20)22)21(20)10-8-17-16-5-4-15(23-2)11-13(16)3-6-18(17)21/h4-5,11,14,17-18H,3,6-10,12H2,1-2H3/t14-,17+,18+,20-,21-/m0/s1. The molecule has 0 saturated heterocycles. The number of ketones is 1. The van der Waals surface area contributed by atoms with Gasteiger partial charge in [0.05, 0.1) is 7.11 Å². The van der Waals surface area contributed by atoms with Crippen LogP contribution in [0.5, 0.6) is 5.75 Å². The molecule has 2 bridgehead atoms. The smallest absolute Gasteiger partial charge is 0.139 e. The van der Waals surface area contributed by atoms with Gasteiger partial charge in [0.2, 0.25) is 0 Å². The Morgan fingerprint density at radius 1 is 1.17 bits per heavy atom. The van der Waals surface area contributed by atoms with Gasteiger partial charge >= 0.3 is 0 Å². The van der Waals surface area contributed by atoms with Crippen LogP contribution in [-0.4, -0.2) is 12.9 Å². The minimum Gasteiger partial charge on any atom is -0.497 e. The van der Waals surface area contributed by atoms with Gasteiger partial charge in [0.1, 0.15) is 11.5 Å². The van der Waals surface area contributed by atoms with Crippen molar-refractivity contribution in [3.63, 3.8) is 0 Å². The van der Waals surface area contributed by atoms with E-state index < -0.39 is 0 Å². The number of aryl methyl sites for hydroxylation is 1. The summed E-state index contributed by atoms with van der Waals surface area (Å²) in [4.78, 5) is 12.7. The van der Waals surface area contributed by atoms with Gasteiger partial charge in [-0.15, -0.1) is 0 Å². The number of hydrogen-bond donors (Lipinski definition) is 0. The van der Waals surface area contributed by atoms with Crippen LogP contribution >= 0.6 is 0 Å². The molecule has 2 heteroatoms. The van der Waals surface area contributed by atoms with E-state index in [-0.39, 0.29) is 5.41 Å². The quantitative estimate of drug-likeness (QED) is 0.763. The first-order valence-corrected chi connectivity index (χ1v) is 9.30. The Hall–Kier alpha value is -1.31. The van der Waals surface area contributed by atoms with E-state index in [0.29, 0.717) is 23.0 Å². The van der Waals surface area contributed by atoms with Crippen molar-refractivity contribution in [2.75, 3.05) is 7.11 Å². The lowest BCUT2D eigenvalue weighted by molar-refractivity contribution is -0.130. The Balaban J connectivity index is 1.58. The summed E-state index contributed by atoms with van der Waals surface area (Å²) >= 11 is 0. The number of fused-ring (bicyclic) bond motifs is 3. The number of rotatable bonds is 1. The van der Waals surface area contributed by atoms with Crippen LogP contribution in [0.3, 0.4) is 0 Å². The number of ether oxygens (including phenoxy) is 1. The largest absolute Gasteiger partial charge is 0.497 e. The van der Waals surface area contributed by atoms with Crippen LogP contribution in [0.1, 0.15) is 62.5 Å². The second-order valence-corrected chi connectivity index (χ2v) is 8.59. The summed E-state index contributed by atoms with van der Waals surface area (Å²) in [6.45, 7) is 2.31. The zero-order valence-electron chi connectivity index (χ0n) is 14.2. The molecule has 1 aromatic carbocycles. The predicted octanol–water partition coefficient (Wildman–Crippen LogP) is 4.51. The molecule has 0 heterocycles. The maximum atomic E-state index is 12.7. The summed E-state index contributed by atoms with van der Waals surface area (Å²) in [6, 6.07) is 6.68. The molecule has 0 unspecified atom stereocenters. The van der Waals surface area contributed by atoms with Gasteiger partial charge in [-0.3, -0.25) is 4.79 Å². The fourth-order valence-electron chi connectivity index (χ4n) is 7.30. The van der Waals surface area contributed by atoms with Crippen molar-refractivity contribution in [2.24, 2.45) is 22.7 Å². The highest BCUT2D eigenvalue weighted by Crippen LogP contribution is 2.75. The van der Waals surface area contributed by atoms with E-state index >= 15 is 0 Å². The third kappa shape index (κ3) is 1.49. The maximum Gasteiger partial charge on any atom is 0.139 e. The number of carbonyl (C=O) groups excluding carboxylic acids is 1. The van der Waals surface area contributed by atoms with Crippen LogP contribution in [0, 0.1) is 22.7 Å². The molecular weight excluding hydrogens is 284 g/mol. The number of benzene rings is 1. The molecule has 3 saturated carbocycles. The normalized spacial score (nSPS) is 43.7. The van der Waals surface area contributed by atoms with Crippen molar-refractivity contribution in [1.29, 1.82) is 0 Å². The van der Waals surface area contributed by atoms with Gasteiger partial charge in [-0.2, -0.15) is 0 Å². The van der Waals surface area contributed by atoms with Crippen molar-refractivity contribution in [3.05, 3.63) is 29.3 Å². The Kier molecular flexibility index (Phi) is 2.69. The first kappa shape index (κ1) is 14.1. The molecule has 1 aromatic rings. The molecule has 4 aliphatic carbocycles. The fraction of sp³-hybridized carbons (Fsp3) is 0.667. The average molecular weight is 310 g/mol. The first-order chi connectivity index (χ1) is 11.1. The van der Waals surface area contributed by atoms with Crippen molar-refractivity contribution in [2.45, 2.75) is 57.8 Å². The Bertz CT molecular complexity index is 693. The van der Waals surface area contributed by atoms with Gasteiger partial charge < -0.3 is 4.74 Å². The minimum absolute atomic E-state index is 0.0128. The Morgan fingerprint density at radius 3 is 2.74 bits per heavy atom. The molecule has 0 N–H and O–H groups in total. The summed E-state index contributed by atoms with van der Waals surface area (Å²) in [7, 11) is 1.75. The van der Waals surface area contributed by atoms with Crippen molar-refractivity contribution >= 4 is 5.78 Å². The highest BCUT2D eigenvalue weighted by atomic mass is 16.5. The zero-order valence-corrected chi connectivity index (χ0v) is 14.2. The molecule has 4 aliphatic rings. The maximum absolute atomic E-state index is 12.7. The Labute approximate surface area is 138 Å². The zero-order chi connectivity index (χ0) is 15.8. The average Bonchev–Trinajstić information content (AvgIpc) is 3.16. The van der Waals surface area contributed by atoms with E-state index in [4.69, 9.17) is 4.74 Å². The molecule has 1 spiro atoms. The molecule has 5 rings (SSSR count). The van der Waals surface area contributed by atoms with E-state index in [0.717, 1.165) is 30.9 Å². The lowest BCUT2D eigenvalue weighted by Crippen LogP contribution is -2.42.